The van der Waals surface area contributed by atoms with Crippen LogP contribution in [0.25, 0.3) is 0 Å². The van der Waals surface area contributed by atoms with Crippen molar-refractivity contribution in [3.05, 3.63) is 59.7 Å². The molecule has 7 heteroatoms. The first-order valence-corrected chi connectivity index (χ1v) is 8.97. The van der Waals surface area contributed by atoms with Gasteiger partial charge in [-0.3, -0.25) is 4.79 Å². The molecule has 0 heterocycles. The Morgan fingerprint density at radius 1 is 1.04 bits per heavy atom. The fourth-order valence-electron chi connectivity index (χ4n) is 2.22. The van der Waals surface area contributed by atoms with Gasteiger partial charge in [-0.05, 0) is 40.8 Å². The Bertz CT molecular complexity index is 838. The van der Waals surface area contributed by atoms with E-state index in [1.807, 2.05) is 24.3 Å². The molecule has 2 aromatic rings. The van der Waals surface area contributed by atoms with Crippen LogP contribution in [0.3, 0.4) is 0 Å². The maximum atomic E-state index is 12.4. The van der Waals surface area contributed by atoms with Crippen LogP contribution < -0.4 is 9.50 Å². The lowest BCUT2D eigenvalue weighted by Crippen LogP contribution is -2.15. The quantitative estimate of drug-likeness (QED) is 0.819. The smallest absolute Gasteiger partial charge is 0.358 e. The molecule has 0 bridgehead atoms. The molecule has 1 N–H and O–H groups in total. The zero-order valence-corrected chi connectivity index (χ0v) is 15.1. The minimum atomic E-state index is -5.06. The minimum absolute atomic E-state index is 0.0533. The van der Waals surface area contributed by atoms with E-state index in [1.54, 1.807) is 0 Å². The number of hydrogen-bond acceptors (Lipinski definition) is 4. The molecule has 0 aliphatic heterocycles. The number of amides is 1. The van der Waals surface area contributed by atoms with Crippen molar-refractivity contribution in [3.8, 4) is 5.75 Å². The molecular formula is C18H20FNO4S. The molecule has 25 heavy (non-hydrogen) atoms. The lowest BCUT2D eigenvalue weighted by molar-refractivity contribution is -0.115. The summed E-state index contributed by atoms with van der Waals surface area (Å²) in [6.07, 6.45) is 0.210. The Balaban J connectivity index is 1.96. The van der Waals surface area contributed by atoms with Crippen molar-refractivity contribution >= 4 is 22.1 Å². The zero-order chi connectivity index (χ0) is 18.7. The maximum Gasteiger partial charge on any atom is 0.488 e. The fourth-order valence-corrected chi connectivity index (χ4v) is 2.56. The summed E-state index contributed by atoms with van der Waals surface area (Å²) in [5.74, 6) is -0.381. The number of hydrogen-bond donors (Lipinski definition) is 1. The van der Waals surface area contributed by atoms with E-state index in [1.165, 1.54) is 29.8 Å². The molecule has 0 saturated carbocycles. The molecule has 0 atom stereocenters. The Labute approximate surface area is 147 Å². The number of benzene rings is 2. The highest BCUT2D eigenvalue weighted by Crippen LogP contribution is 2.22. The van der Waals surface area contributed by atoms with Gasteiger partial charge in [-0.2, -0.15) is 8.42 Å². The number of carbonyl (C=O) groups is 1. The van der Waals surface area contributed by atoms with Gasteiger partial charge < -0.3 is 9.50 Å². The molecule has 0 saturated heterocycles. The van der Waals surface area contributed by atoms with Gasteiger partial charge in [0, 0.05) is 5.69 Å². The lowest BCUT2D eigenvalue weighted by Gasteiger charge is -2.19. The van der Waals surface area contributed by atoms with E-state index in [-0.39, 0.29) is 23.5 Å². The second-order valence-electron chi connectivity index (χ2n) is 6.67. The fraction of sp³-hybridized carbons (Fsp3) is 0.278. The molecule has 0 aromatic heterocycles. The predicted octanol–water partition coefficient (Wildman–Crippen LogP) is 3.76. The normalized spacial score (nSPS) is 11.8. The Morgan fingerprint density at radius 3 is 2.08 bits per heavy atom. The molecule has 0 unspecified atom stereocenters. The summed E-state index contributed by atoms with van der Waals surface area (Å²) in [5, 5.41) is 2.69. The van der Waals surface area contributed by atoms with Gasteiger partial charge in [-0.15, -0.1) is 0 Å². The van der Waals surface area contributed by atoms with E-state index >= 15 is 0 Å². The van der Waals surface area contributed by atoms with Crippen LogP contribution in [0.15, 0.2) is 48.5 Å². The van der Waals surface area contributed by atoms with Crippen LogP contribution in [-0.2, 0) is 27.1 Å². The highest BCUT2D eigenvalue weighted by Gasteiger charge is 2.13. The molecule has 5 nitrogen and oxygen atoms in total. The first kappa shape index (κ1) is 18.9. The van der Waals surface area contributed by atoms with Gasteiger partial charge in [0.2, 0.25) is 5.91 Å². The van der Waals surface area contributed by atoms with Gasteiger partial charge in [-0.1, -0.05) is 48.9 Å². The van der Waals surface area contributed by atoms with Crippen LogP contribution in [0, 0.1) is 0 Å². The average Bonchev–Trinajstić information content (AvgIpc) is 2.47. The Hall–Kier alpha value is -2.41. The van der Waals surface area contributed by atoms with Crippen LogP contribution in [0.5, 0.6) is 5.75 Å². The number of carbonyl (C=O) groups excluding carboxylic acids is 1. The molecule has 0 aliphatic rings. The lowest BCUT2D eigenvalue weighted by atomic mass is 9.86. The molecule has 0 fully saturated rings. The summed E-state index contributed by atoms with van der Waals surface area (Å²) in [6, 6.07) is 13.2. The van der Waals surface area contributed by atoms with Crippen molar-refractivity contribution in [2.24, 2.45) is 0 Å². The number of rotatable bonds is 5. The van der Waals surface area contributed by atoms with Crippen molar-refractivity contribution in [2.75, 3.05) is 5.32 Å². The topological polar surface area (TPSA) is 72.5 Å². The minimum Gasteiger partial charge on any atom is -0.358 e. The highest BCUT2D eigenvalue weighted by atomic mass is 32.3. The van der Waals surface area contributed by atoms with Gasteiger partial charge in [-0.25, -0.2) is 0 Å². The van der Waals surface area contributed by atoms with E-state index in [0.29, 0.717) is 5.69 Å². The van der Waals surface area contributed by atoms with Crippen molar-refractivity contribution in [3.63, 3.8) is 0 Å². The maximum absolute atomic E-state index is 12.4. The highest BCUT2D eigenvalue weighted by molar-refractivity contribution is 7.81. The Kier molecular flexibility index (Phi) is 5.47. The van der Waals surface area contributed by atoms with Crippen molar-refractivity contribution < 1.29 is 21.3 Å². The first-order chi connectivity index (χ1) is 11.5. The molecule has 2 aromatic carbocycles. The standard InChI is InChI=1S/C18H20FNO4S/c1-18(2,3)14-6-4-13(5-7-14)12-17(21)20-15-8-10-16(11-9-15)24-25(19,22)23/h4-11H,12H2,1-3H3,(H,20,21). The molecule has 2 rings (SSSR count). The van der Waals surface area contributed by atoms with Gasteiger partial charge in [0.05, 0.1) is 6.42 Å². The summed E-state index contributed by atoms with van der Waals surface area (Å²) >= 11 is 0. The summed E-state index contributed by atoms with van der Waals surface area (Å²) in [4.78, 5) is 12.1. The zero-order valence-electron chi connectivity index (χ0n) is 14.2. The van der Waals surface area contributed by atoms with Crippen LogP contribution in [0.2, 0.25) is 0 Å². The van der Waals surface area contributed by atoms with Crippen LogP contribution in [0.1, 0.15) is 31.9 Å². The second kappa shape index (κ2) is 7.23. The van der Waals surface area contributed by atoms with E-state index in [9.17, 15) is 17.1 Å². The van der Waals surface area contributed by atoms with Crippen molar-refractivity contribution in [1.82, 2.24) is 0 Å². The van der Waals surface area contributed by atoms with Gasteiger partial charge in [0.25, 0.3) is 0 Å². The third-order valence-corrected chi connectivity index (χ3v) is 3.91. The van der Waals surface area contributed by atoms with Gasteiger partial charge in [0.15, 0.2) is 0 Å². The second-order valence-corrected chi connectivity index (χ2v) is 7.63. The van der Waals surface area contributed by atoms with Crippen molar-refractivity contribution in [2.45, 2.75) is 32.6 Å². The third kappa shape index (κ3) is 6.19. The summed E-state index contributed by atoms with van der Waals surface area (Å²) in [7, 11) is -5.06. The SMILES string of the molecule is CC(C)(C)c1ccc(CC(=O)Nc2ccc(OS(=O)(=O)F)cc2)cc1. The van der Waals surface area contributed by atoms with E-state index in [0.717, 1.165) is 5.56 Å². The first-order valence-electron chi connectivity index (χ1n) is 7.66. The van der Waals surface area contributed by atoms with Crippen LogP contribution in [0.4, 0.5) is 9.57 Å². The van der Waals surface area contributed by atoms with Crippen LogP contribution >= 0.6 is 0 Å². The molecule has 1 amide bonds. The molecule has 0 radical (unpaired) electrons. The average molecular weight is 365 g/mol. The predicted molar refractivity (Wildman–Crippen MR) is 94.6 cm³/mol. The van der Waals surface area contributed by atoms with E-state index in [2.05, 4.69) is 30.3 Å². The number of anilines is 1. The van der Waals surface area contributed by atoms with Gasteiger partial charge in [0.1, 0.15) is 5.75 Å². The third-order valence-electron chi connectivity index (χ3n) is 3.52. The van der Waals surface area contributed by atoms with Crippen molar-refractivity contribution in [1.29, 1.82) is 0 Å². The largest absolute Gasteiger partial charge is 0.488 e. The van der Waals surface area contributed by atoms with Gasteiger partial charge >= 0.3 is 10.5 Å². The monoisotopic (exact) mass is 365 g/mol. The molecule has 134 valence electrons. The molecule has 0 aliphatic carbocycles. The van der Waals surface area contributed by atoms with E-state index in [4.69, 9.17) is 0 Å². The summed E-state index contributed by atoms with van der Waals surface area (Å²) < 4.78 is 37.3. The number of halogens is 1. The summed E-state index contributed by atoms with van der Waals surface area (Å²) in [6.45, 7) is 6.36. The summed E-state index contributed by atoms with van der Waals surface area (Å²) in [5.41, 5.74) is 2.58. The van der Waals surface area contributed by atoms with E-state index < -0.39 is 10.5 Å². The number of nitrogens with one attached hydrogen (secondary N) is 1. The molecule has 0 spiro atoms. The Morgan fingerprint density at radius 2 is 1.60 bits per heavy atom. The van der Waals surface area contributed by atoms with Crippen LogP contribution in [-0.4, -0.2) is 14.3 Å². The molecular weight excluding hydrogens is 345 g/mol.